The molecule has 0 aliphatic heterocycles. The van der Waals surface area contributed by atoms with Gasteiger partial charge in [-0.1, -0.05) is 37.3 Å². The monoisotopic (exact) mass is 523 g/mol. The fraction of sp³-hybridized carbons (Fsp3) is 0.321. The van der Waals surface area contributed by atoms with Crippen molar-refractivity contribution in [2.24, 2.45) is 0 Å². The number of amides is 3. The van der Waals surface area contributed by atoms with Crippen molar-refractivity contribution in [2.45, 2.75) is 38.8 Å². The molecule has 8 nitrogen and oxygen atoms in total. The fourth-order valence-electron chi connectivity index (χ4n) is 3.70. The third kappa shape index (κ3) is 6.89. The largest absolute Gasteiger partial charge is 0.497 e. The van der Waals surface area contributed by atoms with Crippen LogP contribution in [0.3, 0.4) is 0 Å². The van der Waals surface area contributed by atoms with Crippen LogP contribution in [0.1, 0.15) is 48.5 Å². The number of nitrogens with zero attached hydrogens (tertiary/aromatic N) is 1. The molecule has 3 amide bonds. The van der Waals surface area contributed by atoms with E-state index in [0.29, 0.717) is 34.0 Å². The number of methoxy groups -OCH3 is 2. The quantitative estimate of drug-likeness (QED) is 0.384. The molecule has 0 radical (unpaired) electrons. The Hall–Kier alpha value is -3.85. The number of benzene rings is 2. The molecule has 0 saturated carbocycles. The summed E-state index contributed by atoms with van der Waals surface area (Å²) in [5.74, 6) is -0.257. The number of thiophene rings is 1. The van der Waals surface area contributed by atoms with Crippen molar-refractivity contribution in [3.8, 4) is 11.5 Å². The van der Waals surface area contributed by atoms with Crippen LogP contribution in [-0.2, 0) is 9.59 Å². The van der Waals surface area contributed by atoms with Crippen LogP contribution in [0, 0.1) is 0 Å². The SMILES string of the molecule is CCC(C)(C)NC(=O)[C@@H](c1cccc(OC)c1)N(C(=O)CNC(=O)c1cccs1)c1ccccc1OC. The molecule has 1 aromatic heterocycles. The van der Waals surface area contributed by atoms with Crippen LogP contribution in [0.25, 0.3) is 0 Å². The molecular formula is C28H33N3O5S. The minimum Gasteiger partial charge on any atom is -0.497 e. The molecular weight excluding hydrogens is 490 g/mol. The lowest BCUT2D eigenvalue weighted by molar-refractivity contribution is -0.127. The Balaban J connectivity index is 2.10. The minimum absolute atomic E-state index is 0.320. The minimum atomic E-state index is -1.07. The van der Waals surface area contributed by atoms with Crippen LogP contribution < -0.4 is 25.0 Å². The number of hydrogen-bond acceptors (Lipinski definition) is 6. The predicted molar refractivity (Wildman–Crippen MR) is 145 cm³/mol. The van der Waals surface area contributed by atoms with E-state index in [-0.39, 0.29) is 18.4 Å². The number of rotatable bonds is 11. The Labute approximate surface area is 221 Å². The topological polar surface area (TPSA) is 97.0 Å². The first-order chi connectivity index (χ1) is 17.7. The van der Waals surface area contributed by atoms with Gasteiger partial charge < -0.3 is 20.1 Å². The highest BCUT2D eigenvalue weighted by Crippen LogP contribution is 2.36. The molecule has 196 valence electrons. The van der Waals surface area contributed by atoms with E-state index in [9.17, 15) is 14.4 Å². The molecule has 0 unspecified atom stereocenters. The van der Waals surface area contributed by atoms with Crippen LogP contribution in [0.4, 0.5) is 5.69 Å². The molecule has 3 rings (SSSR count). The number of carbonyl (C=O) groups is 3. The smallest absolute Gasteiger partial charge is 0.261 e. The number of carbonyl (C=O) groups excluding carboxylic acids is 3. The summed E-state index contributed by atoms with van der Waals surface area (Å²) in [7, 11) is 3.04. The number of anilines is 1. The van der Waals surface area contributed by atoms with E-state index in [2.05, 4.69) is 10.6 Å². The van der Waals surface area contributed by atoms with E-state index < -0.39 is 17.5 Å². The summed E-state index contributed by atoms with van der Waals surface area (Å²) in [5, 5.41) is 7.54. The third-order valence-electron chi connectivity index (χ3n) is 6.02. The summed E-state index contributed by atoms with van der Waals surface area (Å²) in [6.07, 6.45) is 0.684. The zero-order valence-electron chi connectivity index (χ0n) is 21.7. The van der Waals surface area contributed by atoms with Crippen molar-refractivity contribution in [1.82, 2.24) is 10.6 Å². The highest BCUT2D eigenvalue weighted by molar-refractivity contribution is 7.12. The number of hydrogen-bond donors (Lipinski definition) is 2. The molecule has 3 aromatic rings. The van der Waals surface area contributed by atoms with Gasteiger partial charge in [0.05, 0.1) is 31.3 Å². The van der Waals surface area contributed by atoms with E-state index in [1.807, 2.05) is 20.8 Å². The normalized spacial score (nSPS) is 11.8. The highest BCUT2D eigenvalue weighted by atomic mass is 32.1. The third-order valence-corrected chi connectivity index (χ3v) is 6.89. The second-order valence-corrected chi connectivity index (χ2v) is 9.95. The second kappa shape index (κ2) is 12.4. The van der Waals surface area contributed by atoms with Crippen molar-refractivity contribution in [2.75, 3.05) is 25.7 Å². The van der Waals surface area contributed by atoms with Gasteiger partial charge in [0, 0.05) is 5.54 Å². The van der Waals surface area contributed by atoms with Gasteiger partial charge in [-0.25, -0.2) is 0 Å². The van der Waals surface area contributed by atoms with E-state index in [4.69, 9.17) is 9.47 Å². The van der Waals surface area contributed by atoms with Crippen molar-refractivity contribution < 1.29 is 23.9 Å². The number of ether oxygens (including phenoxy) is 2. The first-order valence-corrected chi connectivity index (χ1v) is 12.8. The van der Waals surface area contributed by atoms with Gasteiger partial charge in [0.25, 0.3) is 5.91 Å². The van der Waals surface area contributed by atoms with Gasteiger partial charge >= 0.3 is 0 Å². The van der Waals surface area contributed by atoms with Crippen LogP contribution in [-0.4, -0.2) is 44.0 Å². The van der Waals surface area contributed by atoms with Crippen molar-refractivity contribution in [3.05, 3.63) is 76.5 Å². The molecule has 1 heterocycles. The van der Waals surface area contributed by atoms with Crippen LogP contribution >= 0.6 is 11.3 Å². The van der Waals surface area contributed by atoms with E-state index in [0.717, 1.165) is 0 Å². The Morgan fingerprint density at radius 3 is 2.41 bits per heavy atom. The molecule has 37 heavy (non-hydrogen) atoms. The van der Waals surface area contributed by atoms with Crippen LogP contribution in [0.2, 0.25) is 0 Å². The van der Waals surface area contributed by atoms with Crippen molar-refractivity contribution in [3.63, 3.8) is 0 Å². The molecule has 1 atom stereocenters. The average Bonchev–Trinajstić information content (AvgIpc) is 3.45. The lowest BCUT2D eigenvalue weighted by Crippen LogP contribution is -2.52. The first-order valence-electron chi connectivity index (χ1n) is 11.9. The van der Waals surface area contributed by atoms with Gasteiger partial charge in [-0.2, -0.15) is 0 Å². The zero-order chi connectivity index (χ0) is 27.0. The summed E-state index contributed by atoms with van der Waals surface area (Å²) < 4.78 is 11.0. The van der Waals surface area contributed by atoms with Crippen molar-refractivity contribution >= 4 is 34.7 Å². The first kappa shape index (κ1) is 27.7. The average molecular weight is 524 g/mol. The Morgan fingerprint density at radius 2 is 1.76 bits per heavy atom. The van der Waals surface area contributed by atoms with Gasteiger partial charge in [0.2, 0.25) is 11.8 Å². The van der Waals surface area contributed by atoms with E-state index in [1.165, 1.54) is 30.5 Å². The fourth-order valence-corrected chi connectivity index (χ4v) is 4.34. The van der Waals surface area contributed by atoms with E-state index in [1.54, 1.807) is 66.0 Å². The molecule has 0 spiro atoms. The zero-order valence-corrected chi connectivity index (χ0v) is 22.6. The molecule has 0 fully saturated rings. The Kier molecular flexibility index (Phi) is 9.30. The highest BCUT2D eigenvalue weighted by Gasteiger charge is 2.36. The molecule has 2 aromatic carbocycles. The van der Waals surface area contributed by atoms with Gasteiger partial charge in [-0.05, 0) is 61.5 Å². The maximum atomic E-state index is 13.9. The summed E-state index contributed by atoms with van der Waals surface area (Å²) in [6, 6.07) is 16.4. The van der Waals surface area contributed by atoms with Crippen LogP contribution in [0.15, 0.2) is 66.0 Å². The summed E-state index contributed by atoms with van der Waals surface area (Å²) in [4.78, 5) is 42.2. The Bertz CT molecular complexity index is 1230. The molecule has 0 aliphatic rings. The summed E-state index contributed by atoms with van der Waals surface area (Å²) in [5.41, 5.74) is 0.433. The van der Waals surface area contributed by atoms with E-state index >= 15 is 0 Å². The van der Waals surface area contributed by atoms with Gasteiger partial charge in [0.1, 0.15) is 17.5 Å². The molecule has 2 N–H and O–H groups in total. The second-order valence-electron chi connectivity index (χ2n) is 9.00. The Morgan fingerprint density at radius 1 is 1.00 bits per heavy atom. The van der Waals surface area contributed by atoms with Gasteiger partial charge in [-0.3, -0.25) is 19.3 Å². The number of nitrogens with one attached hydrogen (secondary N) is 2. The lowest BCUT2D eigenvalue weighted by atomic mass is 9.98. The molecule has 0 saturated heterocycles. The van der Waals surface area contributed by atoms with Crippen LogP contribution in [0.5, 0.6) is 11.5 Å². The molecule has 0 aliphatic carbocycles. The standard InChI is InChI=1S/C28H33N3O5S/c1-6-28(2,3)30-27(34)25(19-11-9-12-20(17-19)35-4)31(21-13-7-8-14-22(21)36-5)24(32)18-29-26(33)23-15-10-16-37-23/h7-17,25H,6,18H2,1-5H3,(H,29,33)(H,30,34)/t25-/m1/s1. The van der Waals surface area contributed by atoms with Gasteiger partial charge in [0.15, 0.2) is 0 Å². The lowest BCUT2D eigenvalue weighted by Gasteiger charge is -2.35. The molecule has 9 heteroatoms. The van der Waals surface area contributed by atoms with Gasteiger partial charge in [-0.15, -0.1) is 11.3 Å². The summed E-state index contributed by atoms with van der Waals surface area (Å²) >= 11 is 1.28. The molecule has 0 bridgehead atoms. The number of para-hydroxylation sites is 2. The maximum absolute atomic E-state index is 13.9. The van der Waals surface area contributed by atoms with Crippen molar-refractivity contribution in [1.29, 1.82) is 0 Å². The predicted octanol–water partition coefficient (Wildman–Crippen LogP) is 4.57. The maximum Gasteiger partial charge on any atom is 0.261 e. The summed E-state index contributed by atoms with van der Waals surface area (Å²) in [6.45, 7) is 5.50.